The zero-order valence-electron chi connectivity index (χ0n) is 42.5. The van der Waals surface area contributed by atoms with Crippen LogP contribution < -0.4 is 0 Å². The summed E-state index contributed by atoms with van der Waals surface area (Å²) in [7, 11) is 0. The van der Waals surface area contributed by atoms with Gasteiger partial charge in [-0.3, -0.25) is 9.59 Å². The first kappa shape index (κ1) is 62.2. The van der Waals surface area contributed by atoms with Crippen LogP contribution in [0.1, 0.15) is 227 Å². The van der Waals surface area contributed by atoms with E-state index in [4.69, 9.17) is 28.4 Å². The molecule has 3 unspecified atom stereocenters. The summed E-state index contributed by atoms with van der Waals surface area (Å²) in [6.45, 7) is 17.8. The van der Waals surface area contributed by atoms with Gasteiger partial charge in [0.25, 0.3) is 0 Å². The summed E-state index contributed by atoms with van der Waals surface area (Å²) < 4.78 is 35.2. The van der Waals surface area contributed by atoms with Gasteiger partial charge in [0.05, 0.1) is 32.7 Å². The first-order valence-corrected chi connectivity index (χ1v) is 26.8. The molecule has 1 N–H and O–H groups in total. The topological polar surface area (TPSA) is 113 Å². The van der Waals surface area contributed by atoms with Crippen molar-refractivity contribution in [3.8, 4) is 0 Å². The monoisotopic (exact) mass is 910 g/mol. The third-order valence-corrected chi connectivity index (χ3v) is 11.5. The summed E-state index contributed by atoms with van der Waals surface area (Å²) in [6.07, 6.45) is 38.0. The fourth-order valence-corrected chi connectivity index (χ4v) is 7.55. The second kappa shape index (κ2) is 50.6. The van der Waals surface area contributed by atoms with Gasteiger partial charge < -0.3 is 38.4 Å². The predicted octanol–water partition coefficient (Wildman–Crippen LogP) is 13.6. The molecule has 378 valence electrons. The van der Waals surface area contributed by atoms with Crippen molar-refractivity contribution in [3.63, 3.8) is 0 Å². The Morgan fingerprint density at radius 1 is 0.469 bits per heavy atom. The molecule has 0 rings (SSSR count). The van der Waals surface area contributed by atoms with Crippen LogP contribution in [0.15, 0.2) is 24.3 Å². The van der Waals surface area contributed by atoms with Gasteiger partial charge in [-0.15, -0.1) is 0 Å². The van der Waals surface area contributed by atoms with Crippen LogP contribution in [0.5, 0.6) is 0 Å². The van der Waals surface area contributed by atoms with Crippen LogP contribution in [-0.2, 0) is 38.0 Å². The lowest BCUT2D eigenvalue weighted by atomic mass is 9.99. The van der Waals surface area contributed by atoms with Gasteiger partial charge in [-0.2, -0.15) is 0 Å². The van der Waals surface area contributed by atoms with Gasteiger partial charge in [0.1, 0.15) is 0 Å². The molecule has 10 heteroatoms. The molecule has 0 aliphatic heterocycles. The van der Waals surface area contributed by atoms with E-state index in [1.807, 2.05) is 6.08 Å². The van der Waals surface area contributed by atoms with Crippen LogP contribution in [-0.4, -0.2) is 100 Å². The molecule has 0 aromatic carbocycles. The Hall–Kier alpha value is -1.82. The lowest BCUT2D eigenvalue weighted by molar-refractivity contribution is -0.159. The van der Waals surface area contributed by atoms with E-state index in [1.54, 1.807) is 0 Å². The molecular weight excluding hydrogens is 807 g/mol. The van der Waals surface area contributed by atoms with Gasteiger partial charge in [-0.05, 0) is 96.1 Å². The van der Waals surface area contributed by atoms with E-state index in [0.29, 0.717) is 65.3 Å². The van der Waals surface area contributed by atoms with Gasteiger partial charge in [0.2, 0.25) is 0 Å². The standard InChI is InChI=1S/C54H103NO9/c1-6-10-13-16-21-31-48-63-54(64-49-32-24-35-50(5)34-9-4)39-37-52(58)60-45-30-23-18-20-26-41-55(42-33-43-56)40-25-19-17-22-29-44-59-51(57)36-38-53(61-46-27-14-11-7-2)62-47-28-15-12-8-3/h10,13-14,27,50,53-54,56H,6-9,11-12,15-26,28-49H2,1-5H3/b13-10-,27-14+. The van der Waals surface area contributed by atoms with Crippen LogP contribution in [0.3, 0.4) is 0 Å². The van der Waals surface area contributed by atoms with Crippen molar-refractivity contribution in [1.29, 1.82) is 0 Å². The molecule has 64 heavy (non-hydrogen) atoms. The molecule has 0 aliphatic carbocycles. The van der Waals surface area contributed by atoms with Crippen LogP contribution >= 0.6 is 0 Å². The summed E-state index contributed by atoms with van der Waals surface area (Å²) in [5, 5.41) is 9.45. The number of carbonyl (C=O) groups is 2. The van der Waals surface area contributed by atoms with Crippen LogP contribution in [0.4, 0.5) is 0 Å². The Labute approximate surface area is 394 Å². The summed E-state index contributed by atoms with van der Waals surface area (Å²) in [5.41, 5.74) is 0. The highest BCUT2D eigenvalue weighted by molar-refractivity contribution is 5.69. The third kappa shape index (κ3) is 45.3. The molecule has 0 aliphatic rings. The van der Waals surface area contributed by atoms with Crippen molar-refractivity contribution < 1.29 is 43.1 Å². The minimum Gasteiger partial charge on any atom is -0.466 e. The number of allylic oxidation sites excluding steroid dienone is 3. The first-order chi connectivity index (χ1) is 31.4. The Morgan fingerprint density at radius 3 is 1.53 bits per heavy atom. The van der Waals surface area contributed by atoms with Crippen LogP contribution in [0.25, 0.3) is 0 Å². The van der Waals surface area contributed by atoms with E-state index in [-0.39, 0.29) is 31.1 Å². The zero-order chi connectivity index (χ0) is 46.8. The smallest absolute Gasteiger partial charge is 0.305 e. The van der Waals surface area contributed by atoms with E-state index in [1.165, 1.54) is 38.5 Å². The number of ether oxygens (including phenoxy) is 6. The summed E-state index contributed by atoms with van der Waals surface area (Å²) in [4.78, 5) is 27.5. The second-order valence-electron chi connectivity index (χ2n) is 17.9. The van der Waals surface area contributed by atoms with Crippen LogP contribution in [0, 0.1) is 5.92 Å². The summed E-state index contributed by atoms with van der Waals surface area (Å²) >= 11 is 0. The van der Waals surface area contributed by atoms with E-state index >= 15 is 0 Å². The number of nitrogens with zero attached hydrogens (tertiary/aromatic N) is 1. The maximum atomic E-state index is 12.6. The molecule has 0 heterocycles. The molecule has 0 aromatic heterocycles. The van der Waals surface area contributed by atoms with Crippen LogP contribution in [0.2, 0.25) is 0 Å². The highest BCUT2D eigenvalue weighted by atomic mass is 16.7. The van der Waals surface area contributed by atoms with Gasteiger partial charge in [0, 0.05) is 45.8 Å². The summed E-state index contributed by atoms with van der Waals surface area (Å²) in [5.74, 6) is 0.428. The predicted molar refractivity (Wildman–Crippen MR) is 265 cm³/mol. The Balaban J connectivity index is 4.21. The van der Waals surface area contributed by atoms with Crippen molar-refractivity contribution in [2.45, 2.75) is 240 Å². The Kier molecular flexibility index (Phi) is 49.2. The average Bonchev–Trinajstić information content (AvgIpc) is 3.29. The largest absolute Gasteiger partial charge is 0.466 e. The maximum Gasteiger partial charge on any atom is 0.305 e. The summed E-state index contributed by atoms with van der Waals surface area (Å²) in [6, 6.07) is 0. The van der Waals surface area contributed by atoms with Crippen molar-refractivity contribution in [2.24, 2.45) is 5.92 Å². The molecule has 0 fully saturated rings. The Morgan fingerprint density at radius 2 is 0.969 bits per heavy atom. The molecule has 0 amide bonds. The van der Waals surface area contributed by atoms with Gasteiger partial charge in [0.15, 0.2) is 12.6 Å². The lowest BCUT2D eigenvalue weighted by Gasteiger charge is -2.22. The molecule has 0 radical (unpaired) electrons. The van der Waals surface area contributed by atoms with E-state index < -0.39 is 0 Å². The third-order valence-electron chi connectivity index (χ3n) is 11.5. The molecule has 10 nitrogen and oxygen atoms in total. The number of aliphatic hydroxyl groups is 1. The SMILES string of the molecule is CC/C=C\CCCCOC(CCC(=O)OCCCCCCCN(CCCO)CCCCCCCOC(=O)CCC(OC/C=C/CCC)OCCCCCC)OCCCCC(C)CCC. The first-order valence-electron chi connectivity index (χ1n) is 26.8. The molecule has 0 spiro atoms. The quantitative estimate of drug-likeness (QED) is 0.0274. The van der Waals surface area contributed by atoms with E-state index in [0.717, 1.165) is 154 Å². The highest BCUT2D eigenvalue weighted by Gasteiger charge is 2.15. The molecule has 0 aromatic rings. The molecule has 0 saturated heterocycles. The van der Waals surface area contributed by atoms with Crippen molar-refractivity contribution in [3.05, 3.63) is 24.3 Å². The number of hydrogen-bond acceptors (Lipinski definition) is 10. The molecule has 0 saturated carbocycles. The number of aliphatic hydroxyl groups excluding tert-OH is 1. The number of rotatable bonds is 51. The van der Waals surface area contributed by atoms with Crippen molar-refractivity contribution >= 4 is 11.9 Å². The normalized spacial score (nSPS) is 13.4. The fourth-order valence-electron chi connectivity index (χ4n) is 7.55. The van der Waals surface area contributed by atoms with Gasteiger partial charge in [-0.25, -0.2) is 0 Å². The molecule has 0 bridgehead atoms. The molecular formula is C54H103NO9. The minimum atomic E-state index is -0.376. The van der Waals surface area contributed by atoms with Gasteiger partial charge >= 0.3 is 11.9 Å². The van der Waals surface area contributed by atoms with E-state index in [2.05, 4.69) is 57.7 Å². The maximum absolute atomic E-state index is 12.6. The fraction of sp³-hybridized carbons (Fsp3) is 0.889. The lowest BCUT2D eigenvalue weighted by Crippen LogP contribution is -2.27. The minimum absolute atomic E-state index is 0.163. The number of carbonyl (C=O) groups excluding carboxylic acids is 2. The second-order valence-corrected chi connectivity index (χ2v) is 17.9. The average molecular weight is 910 g/mol. The van der Waals surface area contributed by atoms with Crippen molar-refractivity contribution in [2.75, 3.05) is 65.9 Å². The van der Waals surface area contributed by atoms with Crippen molar-refractivity contribution in [1.82, 2.24) is 4.90 Å². The molecule has 3 atom stereocenters. The number of hydrogen-bond donors (Lipinski definition) is 1. The van der Waals surface area contributed by atoms with E-state index in [9.17, 15) is 14.7 Å². The van der Waals surface area contributed by atoms with Gasteiger partial charge in [-0.1, -0.05) is 149 Å². The zero-order valence-corrected chi connectivity index (χ0v) is 42.5. The Bertz CT molecular complexity index is 1040. The highest BCUT2D eigenvalue weighted by Crippen LogP contribution is 2.16. The number of esters is 2. The number of unbranched alkanes of at least 4 members (excludes halogenated alkanes) is 15.